The van der Waals surface area contributed by atoms with Crippen LogP contribution in [0.2, 0.25) is 0 Å². The lowest BCUT2D eigenvalue weighted by atomic mass is 9.95. The lowest BCUT2D eigenvalue weighted by Crippen LogP contribution is -2.44. The van der Waals surface area contributed by atoms with Crippen molar-refractivity contribution in [3.63, 3.8) is 0 Å². The van der Waals surface area contributed by atoms with Crippen LogP contribution >= 0.6 is 0 Å². The zero-order valence-electron chi connectivity index (χ0n) is 9.24. The Morgan fingerprint density at radius 1 is 1.31 bits per heavy atom. The second-order valence-corrected chi connectivity index (χ2v) is 6.98. The molecule has 92 valence electrons. The monoisotopic (exact) mass is 246 g/mol. The molecule has 0 saturated heterocycles. The molecular formula is C10H18N2O3S. The molecule has 0 bridgehead atoms. The van der Waals surface area contributed by atoms with Gasteiger partial charge in [-0.25, -0.2) is 8.42 Å². The van der Waals surface area contributed by atoms with Crippen LogP contribution in [-0.2, 0) is 14.8 Å². The van der Waals surface area contributed by atoms with Gasteiger partial charge in [-0.15, -0.1) is 0 Å². The van der Waals surface area contributed by atoms with Crippen LogP contribution in [0.3, 0.4) is 0 Å². The minimum atomic E-state index is -3.41. The molecule has 5 nitrogen and oxygen atoms in total. The van der Waals surface area contributed by atoms with Crippen molar-refractivity contribution in [2.75, 3.05) is 0 Å². The van der Waals surface area contributed by atoms with Crippen LogP contribution in [0.1, 0.15) is 44.9 Å². The van der Waals surface area contributed by atoms with E-state index in [0.29, 0.717) is 12.8 Å². The van der Waals surface area contributed by atoms with Gasteiger partial charge in [-0.05, 0) is 25.7 Å². The van der Waals surface area contributed by atoms with Gasteiger partial charge in [0.05, 0.1) is 5.25 Å². The van der Waals surface area contributed by atoms with Crippen LogP contribution in [0.5, 0.6) is 0 Å². The summed E-state index contributed by atoms with van der Waals surface area (Å²) in [6, 6.07) is 0. The Bertz CT molecular complexity index is 381. The molecule has 0 aliphatic heterocycles. The first-order chi connectivity index (χ1) is 7.41. The summed E-state index contributed by atoms with van der Waals surface area (Å²) < 4.78 is 25.1. The summed E-state index contributed by atoms with van der Waals surface area (Å²) in [6.07, 6.45) is 5.12. The van der Waals surface area contributed by atoms with E-state index in [1.54, 1.807) is 0 Å². The number of nitrogens with two attached hydrogens (primary N) is 1. The van der Waals surface area contributed by atoms with E-state index in [-0.39, 0.29) is 11.7 Å². The molecule has 2 aliphatic rings. The standard InChI is InChI=1S/C10H18N2O3S/c11-10(5-1-2-6-10)7-9(13)12-16(14,15)8-3-4-8/h8H,1-7,11H2,(H,12,13). The van der Waals surface area contributed by atoms with E-state index in [1.165, 1.54) is 0 Å². The zero-order chi connectivity index (χ0) is 11.8. The molecule has 2 aliphatic carbocycles. The van der Waals surface area contributed by atoms with Crippen molar-refractivity contribution in [2.45, 2.75) is 55.7 Å². The second kappa shape index (κ2) is 4.00. The first-order valence-corrected chi connectivity index (χ1v) is 7.29. The van der Waals surface area contributed by atoms with Crippen LogP contribution in [0.25, 0.3) is 0 Å². The summed E-state index contributed by atoms with van der Waals surface area (Å²) >= 11 is 0. The molecule has 0 aromatic heterocycles. The maximum atomic E-state index is 11.6. The number of carbonyl (C=O) groups is 1. The van der Waals surface area contributed by atoms with Gasteiger partial charge < -0.3 is 5.73 Å². The highest BCUT2D eigenvalue weighted by atomic mass is 32.2. The predicted octanol–water partition coefficient (Wildman–Crippen LogP) is 0.256. The second-order valence-electron chi connectivity index (χ2n) is 5.02. The first kappa shape index (κ1) is 11.9. The Morgan fingerprint density at radius 2 is 1.88 bits per heavy atom. The molecule has 2 rings (SSSR count). The smallest absolute Gasteiger partial charge is 0.237 e. The molecule has 0 unspecified atom stereocenters. The topological polar surface area (TPSA) is 89.3 Å². The maximum Gasteiger partial charge on any atom is 0.237 e. The summed E-state index contributed by atoms with van der Waals surface area (Å²) in [5.41, 5.74) is 5.53. The predicted molar refractivity (Wildman–Crippen MR) is 60.1 cm³/mol. The molecule has 0 spiro atoms. The Balaban J connectivity index is 1.88. The SMILES string of the molecule is NC1(CC(=O)NS(=O)(=O)C2CC2)CCCC1. The average molecular weight is 246 g/mol. The molecule has 3 N–H and O–H groups in total. The van der Waals surface area contributed by atoms with Crippen molar-refractivity contribution in [2.24, 2.45) is 5.73 Å². The highest BCUT2D eigenvalue weighted by Gasteiger charge is 2.38. The molecule has 6 heteroatoms. The minimum absolute atomic E-state index is 0.124. The van der Waals surface area contributed by atoms with E-state index in [9.17, 15) is 13.2 Å². The summed E-state index contributed by atoms with van der Waals surface area (Å²) in [7, 11) is -3.41. The van der Waals surface area contributed by atoms with Gasteiger partial charge in [-0.2, -0.15) is 0 Å². The molecular weight excluding hydrogens is 228 g/mol. The zero-order valence-corrected chi connectivity index (χ0v) is 10.1. The van der Waals surface area contributed by atoms with Crippen LogP contribution < -0.4 is 10.5 Å². The molecule has 0 atom stereocenters. The Morgan fingerprint density at radius 3 is 2.38 bits per heavy atom. The number of hydrogen-bond donors (Lipinski definition) is 2. The number of sulfonamides is 1. The van der Waals surface area contributed by atoms with Gasteiger partial charge in [0.15, 0.2) is 0 Å². The van der Waals surface area contributed by atoms with Gasteiger partial charge >= 0.3 is 0 Å². The molecule has 0 aromatic carbocycles. The third-order valence-electron chi connectivity index (χ3n) is 3.33. The highest BCUT2D eigenvalue weighted by Crippen LogP contribution is 2.31. The van der Waals surface area contributed by atoms with Crippen molar-refractivity contribution in [1.29, 1.82) is 0 Å². The summed E-state index contributed by atoms with van der Waals surface area (Å²) in [6.45, 7) is 0. The molecule has 16 heavy (non-hydrogen) atoms. The fourth-order valence-electron chi connectivity index (χ4n) is 2.23. The molecule has 2 saturated carbocycles. The number of amides is 1. The van der Waals surface area contributed by atoms with E-state index in [2.05, 4.69) is 4.72 Å². The summed E-state index contributed by atoms with van der Waals surface area (Å²) in [5, 5.41) is -0.353. The molecule has 1 amide bonds. The highest BCUT2D eigenvalue weighted by molar-refractivity contribution is 7.90. The van der Waals surface area contributed by atoms with Gasteiger partial charge in [-0.3, -0.25) is 9.52 Å². The third kappa shape index (κ3) is 2.74. The quantitative estimate of drug-likeness (QED) is 0.744. The Kier molecular flexibility index (Phi) is 2.96. The largest absolute Gasteiger partial charge is 0.325 e. The molecule has 2 fully saturated rings. The van der Waals surface area contributed by atoms with Gasteiger partial charge in [0, 0.05) is 12.0 Å². The van der Waals surface area contributed by atoms with Gasteiger partial charge in [0.2, 0.25) is 15.9 Å². The van der Waals surface area contributed by atoms with Crippen LogP contribution in [0.15, 0.2) is 0 Å². The first-order valence-electron chi connectivity index (χ1n) is 5.75. The maximum absolute atomic E-state index is 11.6. The third-order valence-corrected chi connectivity index (χ3v) is 5.19. The van der Waals surface area contributed by atoms with Crippen LogP contribution in [-0.4, -0.2) is 25.1 Å². The van der Waals surface area contributed by atoms with Gasteiger partial charge in [0.25, 0.3) is 0 Å². The van der Waals surface area contributed by atoms with Gasteiger partial charge in [-0.1, -0.05) is 12.8 Å². The fraction of sp³-hybridized carbons (Fsp3) is 0.900. The molecule has 0 aromatic rings. The van der Waals surface area contributed by atoms with Crippen molar-refractivity contribution in [1.82, 2.24) is 4.72 Å². The number of rotatable bonds is 4. The lowest BCUT2D eigenvalue weighted by molar-refractivity contribution is -0.120. The summed E-state index contributed by atoms with van der Waals surface area (Å²) in [5.74, 6) is -0.448. The Hall–Kier alpha value is -0.620. The molecule has 0 radical (unpaired) electrons. The van der Waals surface area contributed by atoms with Crippen molar-refractivity contribution >= 4 is 15.9 Å². The van der Waals surface area contributed by atoms with Crippen molar-refractivity contribution < 1.29 is 13.2 Å². The van der Waals surface area contributed by atoms with E-state index < -0.39 is 21.5 Å². The van der Waals surface area contributed by atoms with E-state index in [4.69, 9.17) is 5.73 Å². The fourth-order valence-corrected chi connectivity index (χ4v) is 3.54. The van der Waals surface area contributed by atoms with Crippen molar-refractivity contribution in [3.8, 4) is 0 Å². The lowest BCUT2D eigenvalue weighted by Gasteiger charge is -2.22. The average Bonchev–Trinajstić information content (AvgIpc) is 2.90. The normalized spacial score (nSPS) is 24.3. The van der Waals surface area contributed by atoms with E-state index >= 15 is 0 Å². The number of carbonyl (C=O) groups excluding carboxylic acids is 1. The van der Waals surface area contributed by atoms with Gasteiger partial charge in [0.1, 0.15) is 0 Å². The van der Waals surface area contributed by atoms with Crippen LogP contribution in [0.4, 0.5) is 0 Å². The van der Waals surface area contributed by atoms with E-state index in [0.717, 1.165) is 25.7 Å². The Labute approximate surface area is 95.8 Å². The minimum Gasteiger partial charge on any atom is -0.325 e. The van der Waals surface area contributed by atoms with Crippen molar-refractivity contribution in [3.05, 3.63) is 0 Å². The summed E-state index contributed by atoms with van der Waals surface area (Å²) in [4.78, 5) is 11.6. The molecule has 0 heterocycles. The van der Waals surface area contributed by atoms with E-state index in [1.807, 2.05) is 0 Å². The number of nitrogens with one attached hydrogen (secondary N) is 1. The number of hydrogen-bond acceptors (Lipinski definition) is 4. The van der Waals surface area contributed by atoms with Crippen LogP contribution in [0, 0.1) is 0 Å².